The number of aryl methyl sites for hydroxylation is 6. The van der Waals surface area contributed by atoms with Gasteiger partial charge < -0.3 is 0 Å². The van der Waals surface area contributed by atoms with Gasteiger partial charge in [-0.1, -0.05) is 12.1 Å². The van der Waals surface area contributed by atoms with E-state index in [2.05, 4.69) is 4.98 Å². The van der Waals surface area contributed by atoms with Crippen LogP contribution in [0.3, 0.4) is 0 Å². The molecule has 3 aromatic rings. The van der Waals surface area contributed by atoms with Crippen LogP contribution in [-0.4, -0.2) is 4.98 Å². The molecule has 0 bridgehead atoms. The van der Waals surface area contributed by atoms with Gasteiger partial charge in [-0.05, 0) is 68.3 Å². The van der Waals surface area contributed by atoms with Crippen molar-refractivity contribution < 1.29 is 16.9 Å². The Morgan fingerprint density at radius 2 is 1.80 bits per heavy atom. The maximum atomic E-state index is 8.05. The Bertz CT molecular complexity index is 1320. The number of fused-ring (bicyclic) bond motifs is 3. The molecule has 0 N–H and O–H groups in total. The zero-order valence-corrected chi connectivity index (χ0v) is 14.5. The van der Waals surface area contributed by atoms with Crippen molar-refractivity contribution in [3.8, 4) is 22.4 Å². The normalized spacial score (nSPS) is 19.1. The van der Waals surface area contributed by atoms with E-state index in [1.165, 1.54) is 6.07 Å². The molecule has 0 aliphatic heterocycles. The van der Waals surface area contributed by atoms with E-state index in [1.54, 1.807) is 24.7 Å². The minimum Gasteiger partial charge on any atom is -0.257 e. The number of benzene rings is 1. The van der Waals surface area contributed by atoms with Gasteiger partial charge >= 0.3 is 0 Å². The topological polar surface area (TPSA) is 16.8 Å². The maximum Gasteiger partial charge on any atom is 0.213 e. The van der Waals surface area contributed by atoms with Crippen LogP contribution in [0.1, 0.15) is 51.5 Å². The van der Waals surface area contributed by atoms with E-state index in [9.17, 15) is 0 Å². The summed E-state index contributed by atoms with van der Waals surface area (Å²) in [5.41, 5.74) is 5.70. The molecular formula is C23H25N2+. The second-order valence-corrected chi connectivity index (χ2v) is 6.70. The molecule has 1 aliphatic carbocycles. The van der Waals surface area contributed by atoms with Crippen LogP contribution >= 0.6 is 0 Å². The first kappa shape index (κ1) is 8.75. The molecular weight excluding hydrogens is 304 g/mol. The summed E-state index contributed by atoms with van der Waals surface area (Å²) in [6, 6.07) is 6.77. The standard InChI is InChI=1S/C23H25N2/c1-13-7-8-18-19(11-20-22(18)15(3)9-17(5)24-20)23(13)21-10-14(2)16(4)12-25(21)6/h7-10,12H,11H2,1-6H3/q+1/i3D3,4D3,5D3. The van der Waals surface area contributed by atoms with Crippen LogP contribution in [0.15, 0.2) is 30.5 Å². The van der Waals surface area contributed by atoms with Crippen molar-refractivity contribution >= 4 is 0 Å². The van der Waals surface area contributed by atoms with Gasteiger partial charge in [0.1, 0.15) is 7.05 Å². The number of pyridine rings is 2. The molecule has 2 heterocycles. The van der Waals surface area contributed by atoms with E-state index < -0.39 is 20.6 Å². The zero-order valence-electron chi connectivity index (χ0n) is 23.5. The lowest BCUT2D eigenvalue weighted by molar-refractivity contribution is -0.660. The summed E-state index contributed by atoms with van der Waals surface area (Å²) in [5, 5.41) is 0. The third-order valence-electron chi connectivity index (χ3n) is 4.97. The molecule has 1 aliphatic rings. The smallest absolute Gasteiger partial charge is 0.213 e. The molecule has 0 fully saturated rings. The van der Waals surface area contributed by atoms with Crippen LogP contribution in [0, 0.1) is 34.4 Å². The predicted octanol–water partition coefficient (Wildman–Crippen LogP) is 4.69. The highest BCUT2D eigenvalue weighted by atomic mass is 14.9. The monoisotopic (exact) mass is 338 g/mol. The van der Waals surface area contributed by atoms with Crippen LogP contribution in [0.25, 0.3) is 22.4 Å². The Labute approximate surface area is 162 Å². The Morgan fingerprint density at radius 1 is 0.960 bits per heavy atom. The van der Waals surface area contributed by atoms with E-state index in [1.807, 2.05) is 25.1 Å². The van der Waals surface area contributed by atoms with Crippen molar-refractivity contribution in [2.24, 2.45) is 7.05 Å². The first-order valence-electron chi connectivity index (χ1n) is 12.7. The summed E-state index contributed by atoms with van der Waals surface area (Å²) in [5.74, 6) is 0. The molecule has 1 aromatic carbocycles. The number of hydrogen-bond acceptors (Lipinski definition) is 1. The van der Waals surface area contributed by atoms with Crippen molar-refractivity contribution in [1.29, 1.82) is 0 Å². The number of aromatic nitrogens is 2. The third kappa shape index (κ3) is 2.39. The fourth-order valence-electron chi connectivity index (χ4n) is 3.73. The van der Waals surface area contributed by atoms with Gasteiger partial charge in [0.25, 0.3) is 0 Å². The molecule has 0 saturated heterocycles. The summed E-state index contributed by atoms with van der Waals surface area (Å²) < 4.78 is 72.6. The second kappa shape index (κ2) is 5.52. The molecule has 2 nitrogen and oxygen atoms in total. The molecule has 2 heteroatoms. The number of rotatable bonds is 1. The minimum absolute atomic E-state index is 0.0181. The predicted molar refractivity (Wildman–Crippen MR) is 103 cm³/mol. The molecule has 4 rings (SSSR count). The Balaban J connectivity index is 2.00. The lowest BCUT2D eigenvalue weighted by Crippen LogP contribution is -2.32. The third-order valence-corrected chi connectivity index (χ3v) is 4.97. The molecule has 0 atom stereocenters. The average Bonchev–Trinajstić information content (AvgIpc) is 3.05. The number of hydrogen-bond donors (Lipinski definition) is 0. The van der Waals surface area contributed by atoms with Crippen molar-refractivity contribution in [1.82, 2.24) is 4.98 Å². The fourth-order valence-corrected chi connectivity index (χ4v) is 3.73. The fraction of sp³-hybridized carbons (Fsp3) is 0.304. The number of nitrogens with zero attached hydrogens (tertiary/aromatic N) is 2. The van der Waals surface area contributed by atoms with Gasteiger partial charge in [-0.25, -0.2) is 4.57 Å². The Morgan fingerprint density at radius 3 is 2.56 bits per heavy atom. The van der Waals surface area contributed by atoms with Gasteiger partial charge in [0, 0.05) is 41.6 Å². The molecule has 0 saturated carbocycles. The molecule has 2 aromatic heterocycles. The highest BCUT2D eigenvalue weighted by molar-refractivity contribution is 5.85. The summed E-state index contributed by atoms with van der Waals surface area (Å²) in [6.45, 7) is -3.58. The quantitative estimate of drug-likeness (QED) is 0.460. The Hall–Kier alpha value is -2.48. The highest BCUT2D eigenvalue weighted by Crippen LogP contribution is 2.43. The summed E-state index contributed by atoms with van der Waals surface area (Å²) in [4.78, 5) is 4.37. The van der Waals surface area contributed by atoms with Crippen LogP contribution < -0.4 is 4.57 Å². The highest BCUT2D eigenvalue weighted by Gasteiger charge is 2.28. The molecule has 0 amide bonds. The van der Waals surface area contributed by atoms with Crippen molar-refractivity contribution in [3.05, 3.63) is 69.7 Å². The van der Waals surface area contributed by atoms with Crippen LogP contribution in [-0.2, 0) is 13.5 Å². The molecule has 0 radical (unpaired) electrons. The van der Waals surface area contributed by atoms with Gasteiger partial charge in [0.15, 0.2) is 6.20 Å². The van der Waals surface area contributed by atoms with E-state index in [0.29, 0.717) is 22.4 Å². The zero-order chi connectivity index (χ0) is 25.4. The molecule has 126 valence electrons. The van der Waals surface area contributed by atoms with E-state index in [-0.39, 0.29) is 23.2 Å². The van der Waals surface area contributed by atoms with Gasteiger partial charge in [0.05, 0.1) is 11.3 Å². The summed E-state index contributed by atoms with van der Waals surface area (Å²) >= 11 is 0. The molecule has 0 unspecified atom stereocenters. The van der Waals surface area contributed by atoms with E-state index in [4.69, 9.17) is 12.3 Å². The SMILES string of the molecule is [2H]C([2H])([2H])c1cc(C([2H])([2H])[2H])c2c(n1)Cc1c-2ccc(C)c1-c1cc(C)c(C([2H])([2H])[2H])c[n+]1C. The lowest BCUT2D eigenvalue weighted by Gasteiger charge is -2.12. The second-order valence-electron chi connectivity index (χ2n) is 6.70. The van der Waals surface area contributed by atoms with E-state index >= 15 is 0 Å². The van der Waals surface area contributed by atoms with Crippen molar-refractivity contribution in [2.45, 2.75) is 40.8 Å². The van der Waals surface area contributed by atoms with Gasteiger partial charge in [-0.3, -0.25) is 4.98 Å². The lowest BCUT2D eigenvalue weighted by atomic mass is 9.92. The van der Waals surface area contributed by atoms with Crippen LogP contribution in [0.4, 0.5) is 0 Å². The van der Waals surface area contributed by atoms with Crippen LogP contribution in [0.5, 0.6) is 0 Å². The summed E-state index contributed by atoms with van der Waals surface area (Å²) in [6.07, 6.45) is 1.90. The first-order chi connectivity index (χ1) is 15.5. The summed E-state index contributed by atoms with van der Waals surface area (Å²) in [7, 11) is 1.78. The van der Waals surface area contributed by atoms with Crippen molar-refractivity contribution in [2.75, 3.05) is 0 Å². The van der Waals surface area contributed by atoms with Gasteiger partial charge in [-0.15, -0.1) is 0 Å². The average molecular weight is 339 g/mol. The van der Waals surface area contributed by atoms with Gasteiger partial charge in [-0.2, -0.15) is 0 Å². The van der Waals surface area contributed by atoms with Crippen LogP contribution in [0.2, 0.25) is 0 Å². The largest absolute Gasteiger partial charge is 0.257 e. The Kier molecular flexibility index (Phi) is 1.93. The minimum atomic E-state index is -2.53. The van der Waals surface area contributed by atoms with Crippen molar-refractivity contribution in [3.63, 3.8) is 0 Å². The molecule has 25 heavy (non-hydrogen) atoms. The molecule has 0 spiro atoms. The maximum absolute atomic E-state index is 8.05. The van der Waals surface area contributed by atoms with Gasteiger partial charge in [0.2, 0.25) is 5.69 Å². The first-order valence-corrected chi connectivity index (χ1v) is 8.19. The van der Waals surface area contributed by atoms with E-state index in [0.717, 1.165) is 22.4 Å².